The summed E-state index contributed by atoms with van der Waals surface area (Å²) in [6.45, 7) is 3.97. The summed E-state index contributed by atoms with van der Waals surface area (Å²) in [6.07, 6.45) is 7.17. The highest BCUT2D eigenvalue weighted by Crippen LogP contribution is 2.32. The van der Waals surface area contributed by atoms with Crippen LogP contribution in [0.2, 0.25) is 0 Å². The van der Waals surface area contributed by atoms with Gasteiger partial charge in [0.25, 0.3) is 5.95 Å². The minimum Gasteiger partial charge on any atom is -0.216 e. The minimum absolute atomic E-state index is 0.636. The van der Waals surface area contributed by atoms with E-state index >= 15 is 0 Å². The third-order valence-corrected chi connectivity index (χ3v) is 3.56. The van der Waals surface area contributed by atoms with E-state index < -0.39 is 0 Å². The number of aromatic nitrogens is 4. The van der Waals surface area contributed by atoms with Crippen LogP contribution < -0.4 is 0 Å². The first kappa shape index (κ1) is 11.4. The molecule has 4 nitrogen and oxygen atoms in total. The van der Waals surface area contributed by atoms with E-state index in [2.05, 4.69) is 21.1 Å². The molecule has 18 heavy (non-hydrogen) atoms. The molecule has 1 fully saturated rings. The standard InChI is InChI=1S/C14H18N4/c1-10-9-11(2)16-14(15-10)18-8-7-13(17-18)12-5-3-4-6-12/h7-9,12H,3-6H2,1-2H3. The van der Waals surface area contributed by atoms with Crippen LogP contribution in [0, 0.1) is 13.8 Å². The minimum atomic E-state index is 0.636. The highest BCUT2D eigenvalue weighted by molar-refractivity contribution is 5.19. The third kappa shape index (κ3) is 2.15. The van der Waals surface area contributed by atoms with Crippen LogP contribution in [-0.4, -0.2) is 19.7 Å². The second-order valence-electron chi connectivity index (χ2n) is 5.12. The lowest BCUT2D eigenvalue weighted by Crippen LogP contribution is -2.05. The predicted molar refractivity (Wildman–Crippen MR) is 69.8 cm³/mol. The Morgan fingerprint density at radius 2 is 1.78 bits per heavy atom. The summed E-state index contributed by atoms with van der Waals surface area (Å²) in [6, 6.07) is 4.09. The normalized spacial score (nSPS) is 16.3. The van der Waals surface area contributed by atoms with E-state index in [9.17, 15) is 0 Å². The second kappa shape index (κ2) is 4.52. The lowest BCUT2D eigenvalue weighted by Gasteiger charge is -2.05. The first-order valence-corrected chi connectivity index (χ1v) is 6.60. The molecular formula is C14H18N4. The molecule has 0 unspecified atom stereocenters. The molecule has 0 amide bonds. The molecule has 0 bridgehead atoms. The maximum absolute atomic E-state index is 4.64. The molecule has 1 aliphatic carbocycles. The van der Waals surface area contributed by atoms with Gasteiger partial charge in [-0.05, 0) is 38.8 Å². The fraction of sp³-hybridized carbons (Fsp3) is 0.500. The van der Waals surface area contributed by atoms with Crippen molar-refractivity contribution in [2.24, 2.45) is 0 Å². The van der Waals surface area contributed by atoms with Crippen LogP contribution in [0.15, 0.2) is 18.3 Å². The van der Waals surface area contributed by atoms with Crippen molar-refractivity contribution < 1.29 is 0 Å². The first-order valence-electron chi connectivity index (χ1n) is 6.60. The van der Waals surface area contributed by atoms with Gasteiger partial charge in [-0.3, -0.25) is 0 Å². The summed E-state index contributed by atoms with van der Waals surface area (Å²) in [7, 11) is 0. The van der Waals surface area contributed by atoms with Gasteiger partial charge in [-0.25, -0.2) is 14.6 Å². The fourth-order valence-corrected chi connectivity index (χ4v) is 2.70. The van der Waals surface area contributed by atoms with Crippen LogP contribution in [0.3, 0.4) is 0 Å². The molecule has 0 spiro atoms. The monoisotopic (exact) mass is 242 g/mol. The van der Waals surface area contributed by atoms with Crippen molar-refractivity contribution >= 4 is 0 Å². The molecule has 2 aromatic heterocycles. The number of rotatable bonds is 2. The molecule has 3 rings (SSSR count). The molecule has 1 saturated carbocycles. The highest BCUT2D eigenvalue weighted by Gasteiger charge is 2.19. The van der Waals surface area contributed by atoms with E-state index in [1.54, 1.807) is 4.68 Å². The molecule has 0 N–H and O–H groups in total. The van der Waals surface area contributed by atoms with Gasteiger partial charge in [0.1, 0.15) is 0 Å². The van der Waals surface area contributed by atoms with Crippen LogP contribution in [-0.2, 0) is 0 Å². The van der Waals surface area contributed by atoms with Crippen LogP contribution in [0.5, 0.6) is 0 Å². The summed E-state index contributed by atoms with van der Waals surface area (Å²) < 4.78 is 1.80. The molecule has 0 aliphatic heterocycles. The Morgan fingerprint density at radius 3 is 2.44 bits per heavy atom. The van der Waals surface area contributed by atoms with Crippen LogP contribution in [0.25, 0.3) is 5.95 Å². The number of aryl methyl sites for hydroxylation is 2. The average molecular weight is 242 g/mol. The maximum atomic E-state index is 4.64. The van der Waals surface area contributed by atoms with Gasteiger partial charge >= 0.3 is 0 Å². The number of hydrogen-bond donors (Lipinski definition) is 0. The van der Waals surface area contributed by atoms with E-state index in [0.29, 0.717) is 11.9 Å². The van der Waals surface area contributed by atoms with Crippen molar-refractivity contribution in [1.82, 2.24) is 19.7 Å². The molecule has 0 saturated heterocycles. The van der Waals surface area contributed by atoms with E-state index in [4.69, 9.17) is 0 Å². The molecule has 0 aromatic carbocycles. The zero-order valence-corrected chi connectivity index (χ0v) is 10.9. The van der Waals surface area contributed by atoms with Gasteiger partial charge in [-0.1, -0.05) is 12.8 Å². The summed E-state index contributed by atoms with van der Waals surface area (Å²) in [5.74, 6) is 1.31. The van der Waals surface area contributed by atoms with Gasteiger partial charge in [-0.15, -0.1) is 0 Å². The Balaban J connectivity index is 1.92. The van der Waals surface area contributed by atoms with Crippen molar-refractivity contribution in [2.75, 3.05) is 0 Å². The number of hydrogen-bond acceptors (Lipinski definition) is 3. The highest BCUT2D eigenvalue weighted by atomic mass is 15.3. The van der Waals surface area contributed by atoms with Crippen LogP contribution in [0.4, 0.5) is 0 Å². The van der Waals surface area contributed by atoms with E-state index in [0.717, 1.165) is 11.4 Å². The summed E-state index contributed by atoms with van der Waals surface area (Å²) in [5.41, 5.74) is 3.15. The lowest BCUT2D eigenvalue weighted by molar-refractivity contribution is 0.670. The van der Waals surface area contributed by atoms with E-state index in [1.165, 1.54) is 31.4 Å². The smallest absolute Gasteiger partial charge is 0.216 e. The van der Waals surface area contributed by atoms with Crippen LogP contribution >= 0.6 is 0 Å². The van der Waals surface area contributed by atoms with Gasteiger partial charge in [0.2, 0.25) is 0 Å². The lowest BCUT2D eigenvalue weighted by atomic mass is 10.1. The second-order valence-corrected chi connectivity index (χ2v) is 5.12. The topological polar surface area (TPSA) is 43.6 Å². The average Bonchev–Trinajstić information content (AvgIpc) is 2.99. The van der Waals surface area contributed by atoms with Gasteiger partial charge in [-0.2, -0.15) is 5.10 Å². The Morgan fingerprint density at radius 1 is 1.11 bits per heavy atom. The van der Waals surface area contributed by atoms with Crippen molar-refractivity contribution in [3.05, 3.63) is 35.4 Å². The molecule has 0 atom stereocenters. The number of nitrogens with zero attached hydrogens (tertiary/aromatic N) is 4. The summed E-state index contributed by atoms with van der Waals surface area (Å²) >= 11 is 0. The quantitative estimate of drug-likeness (QED) is 0.813. The Kier molecular flexibility index (Phi) is 2.86. The van der Waals surface area contributed by atoms with Crippen LogP contribution in [0.1, 0.15) is 48.7 Å². The molecule has 2 heterocycles. The van der Waals surface area contributed by atoms with Crippen molar-refractivity contribution in [3.63, 3.8) is 0 Å². The Labute approximate surface area is 107 Å². The molecular weight excluding hydrogens is 224 g/mol. The first-order chi connectivity index (χ1) is 8.72. The summed E-state index contributed by atoms with van der Waals surface area (Å²) in [5, 5.41) is 4.64. The molecule has 1 aliphatic rings. The van der Waals surface area contributed by atoms with Gasteiger partial charge in [0, 0.05) is 23.5 Å². The third-order valence-electron chi connectivity index (χ3n) is 3.56. The van der Waals surface area contributed by atoms with E-state index in [1.807, 2.05) is 26.1 Å². The molecule has 4 heteroatoms. The van der Waals surface area contributed by atoms with Gasteiger partial charge in [0.15, 0.2) is 0 Å². The van der Waals surface area contributed by atoms with Gasteiger partial charge < -0.3 is 0 Å². The predicted octanol–water partition coefficient (Wildman–Crippen LogP) is 2.94. The SMILES string of the molecule is Cc1cc(C)nc(-n2ccc(C3CCCC3)n2)n1. The maximum Gasteiger partial charge on any atom is 0.250 e. The molecule has 94 valence electrons. The van der Waals surface area contributed by atoms with Crippen molar-refractivity contribution in [2.45, 2.75) is 45.4 Å². The fourth-order valence-electron chi connectivity index (χ4n) is 2.70. The Hall–Kier alpha value is -1.71. The zero-order chi connectivity index (χ0) is 12.5. The Bertz CT molecular complexity index is 532. The molecule has 0 radical (unpaired) electrons. The van der Waals surface area contributed by atoms with Crippen molar-refractivity contribution in [3.8, 4) is 5.95 Å². The van der Waals surface area contributed by atoms with Gasteiger partial charge in [0.05, 0.1) is 5.69 Å². The summed E-state index contributed by atoms with van der Waals surface area (Å²) in [4.78, 5) is 8.87. The van der Waals surface area contributed by atoms with Crippen molar-refractivity contribution in [1.29, 1.82) is 0 Å². The zero-order valence-electron chi connectivity index (χ0n) is 10.9. The molecule has 2 aromatic rings. The largest absolute Gasteiger partial charge is 0.250 e. The van der Waals surface area contributed by atoms with E-state index in [-0.39, 0.29) is 0 Å².